The molecule has 1 aromatic carbocycles. The van der Waals surface area contributed by atoms with Crippen molar-refractivity contribution in [1.29, 1.82) is 0 Å². The minimum absolute atomic E-state index is 0.0672. The van der Waals surface area contributed by atoms with Gasteiger partial charge in [-0.1, -0.05) is 24.1 Å². The molecule has 5 nitrogen and oxygen atoms in total. The summed E-state index contributed by atoms with van der Waals surface area (Å²) in [6.45, 7) is 0.886. The Bertz CT molecular complexity index is 482. The molecule has 1 fully saturated rings. The van der Waals surface area contributed by atoms with Crippen molar-refractivity contribution >= 4 is 5.84 Å². The van der Waals surface area contributed by atoms with Gasteiger partial charge in [-0.25, -0.2) is 0 Å². The largest absolute Gasteiger partial charge is 0.496 e. The van der Waals surface area contributed by atoms with Crippen LogP contribution in [-0.2, 0) is 6.54 Å². The lowest BCUT2D eigenvalue weighted by Crippen LogP contribution is -2.28. The maximum Gasteiger partial charge on any atom is 0.173 e. The van der Waals surface area contributed by atoms with Gasteiger partial charge in [0.15, 0.2) is 5.84 Å². The fourth-order valence-electron chi connectivity index (χ4n) is 2.86. The summed E-state index contributed by atoms with van der Waals surface area (Å²) >= 11 is 0. The van der Waals surface area contributed by atoms with Crippen LogP contribution in [-0.4, -0.2) is 36.1 Å². The SMILES string of the molecule is COc1cc(CN(C)C2CCCC2)ccc1/C(N)=N/O. The Morgan fingerprint density at radius 2 is 2.15 bits per heavy atom. The number of benzene rings is 1. The third kappa shape index (κ3) is 3.22. The highest BCUT2D eigenvalue weighted by Gasteiger charge is 2.19. The molecule has 0 atom stereocenters. The quantitative estimate of drug-likeness (QED) is 0.374. The summed E-state index contributed by atoms with van der Waals surface area (Å²) < 4.78 is 5.33. The summed E-state index contributed by atoms with van der Waals surface area (Å²) in [4.78, 5) is 2.39. The average molecular weight is 277 g/mol. The van der Waals surface area contributed by atoms with Crippen LogP contribution in [0.1, 0.15) is 36.8 Å². The third-order valence-electron chi connectivity index (χ3n) is 4.03. The minimum atomic E-state index is 0.0672. The zero-order valence-electron chi connectivity index (χ0n) is 12.2. The Labute approximate surface area is 120 Å². The van der Waals surface area contributed by atoms with Gasteiger partial charge in [0.2, 0.25) is 0 Å². The monoisotopic (exact) mass is 277 g/mol. The lowest BCUT2D eigenvalue weighted by Gasteiger charge is -2.24. The number of nitrogens with two attached hydrogens (primary N) is 1. The normalized spacial score (nSPS) is 16.9. The summed E-state index contributed by atoms with van der Waals surface area (Å²) in [7, 11) is 3.76. The number of amidine groups is 1. The first-order chi connectivity index (χ1) is 9.65. The Morgan fingerprint density at radius 3 is 2.75 bits per heavy atom. The summed E-state index contributed by atoms with van der Waals surface area (Å²) in [5, 5.41) is 11.8. The smallest absolute Gasteiger partial charge is 0.173 e. The van der Waals surface area contributed by atoms with Gasteiger partial charge in [-0.2, -0.15) is 0 Å². The van der Waals surface area contributed by atoms with Crippen molar-refractivity contribution in [2.45, 2.75) is 38.3 Å². The second-order valence-electron chi connectivity index (χ2n) is 5.37. The average Bonchev–Trinajstić information content (AvgIpc) is 3.00. The molecule has 0 amide bonds. The van der Waals surface area contributed by atoms with E-state index in [2.05, 4.69) is 17.1 Å². The van der Waals surface area contributed by atoms with Crippen LogP contribution in [0.2, 0.25) is 0 Å². The molecule has 0 saturated heterocycles. The minimum Gasteiger partial charge on any atom is -0.496 e. The highest BCUT2D eigenvalue weighted by molar-refractivity contribution is 5.99. The predicted molar refractivity (Wildman–Crippen MR) is 79.2 cm³/mol. The van der Waals surface area contributed by atoms with Gasteiger partial charge in [0.05, 0.1) is 12.7 Å². The molecule has 3 N–H and O–H groups in total. The number of nitrogens with zero attached hydrogens (tertiary/aromatic N) is 2. The van der Waals surface area contributed by atoms with E-state index in [4.69, 9.17) is 15.7 Å². The Morgan fingerprint density at radius 1 is 1.45 bits per heavy atom. The zero-order chi connectivity index (χ0) is 14.5. The second-order valence-corrected chi connectivity index (χ2v) is 5.37. The highest BCUT2D eigenvalue weighted by atomic mass is 16.5. The van der Waals surface area contributed by atoms with Crippen molar-refractivity contribution in [1.82, 2.24) is 4.90 Å². The first-order valence-electron chi connectivity index (χ1n) is 7.00. The van der Waals surface area contributed by atoms with Crippen LogP contribution in [0.4, 0.5) is 0 Å². The van der Waals surface area contributed by atoms with Gasteiger partial charge in [-0.05, 0) is 37.6 Å². The Hall–Kier alpha value is -1.75. The lowest BCUT2D eigenvalue weighted by molar-refractivity contribution is 0.237. The molecule has 0 bridgehead atoms. The van der Waals surface area contributed by atoms with Gasteiger partial charge in [-0.15, -0.1) is 0 Å². The zero-order valence-corrected chi connectivity index (χ0v) is 12.2. The van der Waals surface area contributed by atoms with Crippen LogP contribution < -0.4 is 10.5 Å². The molecule has 0 unspecified atom stereocenters. The lowest BCUT2D eigenvalue weighted by atomic mass is 10.1. The van der Waals surface area contributed by atoms with E-state index in [9.17, 15) is 0 Å². The number of oxime groups is 1. The first-order valence-corrected chi connectivity index (χ1v) is 7.00. The van der Waals surface area contributed by atoms with Gasteiger partial charge in [0.25, 0.3) is 0 Å². The maximum absolute atomic E-state index is 8.77. The van der Waals surface area contributed by atoms with Crippen molar-refractivity contribution in [3.05, 3.63) is 29.3 Å². The number of methoxy groups -OCH3 is 1. The Kier molecular flexibility index (Phi) is 4.84. The maximum atomic E-state index is 8.77. The fourth-order valence-corrected chi connectivity index (χ4v) is 2.86. The molecule has 0 spiro atoms. The summed E-state index contributed by atoms with van der Waals surface area (Å²) in [5.41, 5.74) is 7.42. The summed E-state index contributed by atoms with van der Waals surface area (Å²) in [6, 6.07) is 6.48. The standard InChI is InChI=1S/C15H23N3O2/c1-18(12-5-3-4-6-12)10-11-7-8-13(15(16)17-19)14(9-11)20-2/h7-9,12,19H,3-6,10H2,1-2H3,(H2,16,17). The summed E-state index contributed by atoms with van der Waals surface area (Å²) in [5.74, 6) is 0.704. The van der Waals surface area contributed by atoms with Gasteiger partial charge in [0.1, 0.15) is 5.75 Å². The van der Waals surface area contributed by atoms with Crippen LogP contribution >= 0.6 is 0 Å². The van der Waals surface area contributed by atoms with Crippen LogP contribution in [0.25, 0.3) is 0 Å². The van der Waals surface area contributed by atoms with Crippen molar-refractivity contribution < 1.29 is 9.94 Å². The van der Waals surface area contributed by atoms with E-state index in [1.807, 2.05) is 18.2 Å². The first kappa shape index (κ1) is 14.7. The van der Waals surface area contributed by atoms with E-state index in [1.165, 1.54) is 31.2 Å². The van der Waals surface area contributed by atoms with Gasteiger partial charge < -0.3 is 15.7 Å². The molecule has 1 aromatic rings. The molecule has 0 radical (unpaired) electrons. The van der Waals surface area contributed by atoms with E-state index in [1.54, 1.807) is 7.11 Å². The molecule has 110 valence electrons. The topological polar surface area (TPSA) is 71.1 Å². The highest BCUT2D eigenvalue weighted by Crippen LogP contribution is 2.25. The molecule has 0 aliphatic heterocycles. The second kappa shape index (κ2) is 6.61. The van der Waals surface area contributed by atoms with Crippen molar-refractivity contribution in [3.63, 3.8) is 0 Å². The van der Waals surface area contributed by atoms with E-state index >= 15 is 0 Å². The fraction of sp³-hybridized carbons (Fsp3) is 0.533. The van der Waals surface area contributed by atoms with E-state index in [-0.39, 0.29) is 5.84 Å². The van der Waals surface area contributed by atoms with Gasteiger partial charge in [0, 0.05) is 12.6 Å². The van der Waals surface area contributed by atoms with Crippen LogP contribution in [0.5, 0.6) is 5.75 Å². The number of ether oxygens (including phenoxy) is 1. The molecule has 2 rings (SSSR count). The number of hydrogen-bond donors (Lipinski definition) is 2. The molecular weight excluding hydrogens is 254 g/mol. The van der Waals surface area contributed by atoms with E-state index in [0.717, 1.165) is 6.54 Å². The van der Waals surface area contributed by atoms with Crippen molar-refractivity contribution in [2.24, 2.45) is 10.9 Å². The van der Waals surface area contributed by atoms with Crippen LogP contribution in [0.15, 0.2) is 23.4 Å². The molecule has 1 aliphatic rings. The molecule has 0 aromatic heterocycles. The molecule has 5 heteroatoms. The number of hydrogen-bond acceptors (Lipinski definition) is 4. The summed E-state index contributed by atoms with van der Waals surface area (Å²) in [6.07, 6.45) is 5.24. The predicted octanol–water partition coefficient (Wildman–Crippen LogP) is 2.16. The van der Waals surface area contributed by atoms with Crippen molar-refractivity contribution in [2.75, 3.05) is 14.2 Å². The van der Waals surface area contributed by atoms with E-state index in [0.29, 0.717) is 17.4 Å². The Balaban J connectivity index is 2.12. The number of rotatable bonds is 5. The third-order valence-corrected chi connectivity index (χ3v) is 4.03. The van der Waals surface area contributed by atoms with E-state index < -0.39 is 0 Å². The van der Waals surface area contributed by atoms with Crippen LogP contribution in [0, 0.1) is 0 Å². The van der Waals surface area contributed by atoms with Crippen LogP contribution in [0.3, 0.4) is 0 Å². The van der Waals surface area contributed by atoms with Gasteiger partial charge >= 0.3 is 0 Å². The molecule has 1 aliphatic carbocycles. The molecular formula is C15H23N3O2. The van der Waals surface area contributed by atoms with Crippen molar-refractivity contribution in [3.8, 4) is 5.75 Å². The molecule has 20 heavy (non-hydrogen) atoms. The molecule has 0 heterocycles. The molecule has 1 saturated carbocycles. The van der Waals surface area contributed by atoms with Gasteiger partial charge in [-0.3, -0.25) is 4.90 Å².